The quantitative estimate of drug-likeness (QED) is 0.743. The minimum Gasteiger partial charge on any atom is -0.352 e. The van der Waals surface area contributed by atoms with Crippen LogP contribution < -0.4 is 16.0 Å². The Kier molecular flexibility index (Phi) is 5.75. The second kappa shape index (κ2) is 7.78. The van der Waals surface area contributed by atoms with Gasteiger partial charge in [-0.05, 0) is 31.9 Å². The average Bonchev–Trinajstić information content (AvgIpc) is 2.46. The molecule has 5 heteroatoms. The number of carbonyl (C=O) groups is 2. The van der Waals surface area contributed by atoms with Crippen molar-refractivity contribution in [3.8, 4) is 0 Å². The molecule has 1 aliphatic heterocycles. The minimum atomic E-state index is -0.130. The van der Waals surface area contributed by atoms with Gasteiger partial charge < -0.3 is 16.0 Å². The molecule has 1 fully saturated rings. The van der Waals surface area contributed by atoms with Gasteiger partial charge in [0, 0.05) is 12.1 Å². The summed E-state index contributed by atoms with van der Waals surface area (Å²) in [6.45, 7) is 3.08. The van der Waals surface area contributed by atoms with Crippen molar-refractivity contribution in [1.82, 2.24) is 16.0 Å². The van der Waals surface area contributed by atoms with Gasteiger partial charge in [0.1, 0.15) is 0 Å². The molecule has 0 aliphatic carbocycles. The summed E-state index contributed by atoms with van der Waals surface area (Å²) in [4.78, 5) is 23.6. The third kappa shape index (κ3) is 5.55. The molecule has 1 heterocycles. The van der Waals surface area contributed by atoms with E-state index in [-0.39, 0.29) is 24.4 Å². The molecule has 1 aromatic rings. The van der Waals surface area contributed by atoms with Crippen LogP contribution in [0.5, 0.6) is 0 Å². The van der Waals surface area contributed by atoms with E-state index in [0.717, 1.165) is 24.9 Å². The summed E-state index contributed by atoms with van der Waals surface area (Å²) >= 11 is 0. The molecule has 21 heavy (non-hydrogen) atoms. The summed E-state index contributed by atoms with van der Waals surface area (Å²) in [6.07, 6.45) is 2.18. The van der Waals surface area contributed by atoms with Crippen molar-refractivity contribution >= 4 is 11.8 Å². The maximum absolute atomic E-state index is 11.8. The third-order valence-electron chi connectivity index (χ3n) is 3.64. The molecule has 5 nitrogen and oxygen atoms in total. The van der Waals surface area contributed by atoms with Gasteiger partial charge in [0.25, 0.3) is 0 Å². The molecule has 2 amide bonds. The highest BCUT2D eigenvalue weighted by Crippen LogP contribution is 2.07. The molecule has 0 aromatic heterocycles. The van der Waals surface area contributed by atoms with E-state index < -0.39 is 0 Å². The molecule has 0 radical (unpaired) electrons. The lowest BCUT2D eigenvalue weighted by atomic mass is 10.0. The fourth-order valence-electron chi connectivity index (χ4n) is 2.56. The number of nitrogens with one attached hydrogen (secondary N) is 3. The Hall–Kier alpha value is -1.88. The SMILES string of the molecule is CC1CC(NC(=O)CNC(=O)Cc2ccccc2)CCN1. The van der Waals surface area contributed by atoms with E-state index in [1.165, 1.54) is 0 Å². The van der Waals surface area contributed by atoms with Gasteiger partial charge in [0.05, 0.1) is 13.0 Å². The van der Waals surface area contributed by atoms with Crippen molar-refractivity contribution in [3.05, 3.63) is 35.9 Å². The maximum Gasteiger partial charge on any atom is 0.239 e. The Labute approximate surface area is 125 Å². The van der Waals surface area contributed by atoms with Crippen LogP contribution in [0.2, 0.25) is 0 Å². The van der Waals surface area contributed by atoms with E-state index in [1.54, 1.807) is 0 Å². The summed E-state index contributed by atoms with van der Waals surface area (Å²) in [5.74, 6) is -0.245. The summed E-state index contributed by atoms with van der Waals surface area (Å²) < 4.78 is 0. The molecule has 0 spiro atoms. The third-order valence-corrected chi connectivity index (χ3v) is 3.64. The van der Waals surface area contributed by atoms with Crippen molar-refractivity contribution in [2.45, 2.75) is 38.3 Å². The zero-order valence-corrected chi connectivity index (χ0v) is 12.4. The molecule has 0 saturated carbocycles. The normalized spacial score (nSPS) is 21.6. The summed E-state index contributed by atoms with van der Waals surface area (Å²) in [5, 5.41) is 8.98. The summed E-state index contributed by atoms with van der Waals surface area (Å²) in [5.41, 5.74) is 0.947. The number of benzene rings is 1. The number of piperidine rings is 1. The van der Waals surface area contributed by atoms with Crippen LogP contribution in [0.4, 0.5) is 0 Å². The van der Waals surface area contributed by atoms with Crippen LogP contribution in [0.15, 0.2) is 30.3 Å². The first kappa shape index (κ1) is 15.5. The van der Waals surface area contributed by atoms with Gasteiger partial charge in [-0.25, -0.2) is 0 Å². The molecule has 1 aromatic carbocycles. The first-order valence-corrected chi connectivity index (χ1v) is 7.47. The molecule has 2 atom stereocenters. The molecule has 2 unspecified atom stereocenters. The predicted molar refractivity (Wildman–Crippen MR) is 81.8 cm³/mol. The van der Waals surface area contributed by atoms with Gasteiger partial charge in [0.15, 0.2) is 0 Å². The van der Waals surface area contributed by atoms with Crippen molar-refractivity contribution < 1.29 is 9.59 Å². The fraction of sp³-hybridized carbons (Fsp3) is 0.500. The molecule has 2 rings (SSSR count). The van der Waals surface area contributed by atoms with Crippen LogP contribution in [0, 0.1) is 0 Å². The Balaban J connectivity index is 1.67. The van der Waals surface area contributed by atoms with E-state index in [9.17, 15) is 9.59 Å². The van der Waals surface area contributed by atoms with Crippen LogP contribution in [-0.2, 0) is 16.0 Å². The highest BCUT2D eigenvalue weighted by molar-refractivity contribution is 5.85. The largest absolute Gasteiger partial charge is 0.352 e. The van der Waals surface area contributed by atoms with Gasteiger partial charge in [-0.3, -0.25) is 9.59 Å². The second-order valence-corrected chi connectivity index (χ2v) is 5.58. The first-order valence-electron chi connectivity index (χ1n) is 7.47. The Bertz CT molecular complexity index is 476. The number of hydrogen-bond acceptors (Lipinski definition) is 3. The van der Waals surface area contributed by atoms with E-state index >= 15 is 0 Å². The molecule has 0 bridgehead atoms. The number of amides is 2. The lowest BCUT2D eigenvalue weighted by molar-refractivity contribution is -0.126. The molecule has 114 valence electrons. The first-order chi connectivity index (χ1) is 10.1. The maximum atomic E-state index is 11.8. The van der Waals surface area contributed by atoms with E-state index in [1.807, 2.05) is 30.3 Å². The fourth-order valence-corrected chi connectivity index (χ4v) is 2.56. The Morgan fingerprint density at radius 2 is 2.00 bits per heavy atom. The second-order valence-electron chi connectivity index (χ2n) is 5.58. The monoisotopic (exact) mass is 289 g/mol. The summed E-state index contributed by atoms with van der Waals surface area (Å²) in [7, 11) is 0. The molecule has 3 N–H and O–H groups in total. The van der Waals surface area contributed by atoms with Gasteiger partial charge >= 0.3 is 0 Å². The van der Waals surface area contributed by atoms with Gasteiger partial charge in [-0.1, -0.05) is 30.3 Å². The molecule has 1 aliphatic rings. The van der Waals surface area contributed by atoms with E-state index in [4.69, 9.17) is 0 Å². The lowest BCUT2D eigenvalue weighted by Gasteiger charge is -2.28. The van der Waals surface area contributed by atoms with Crippen molar-refractivity contribution in [2.24, 2.45) is 0 Å². The summed E-state index contributed by atoms with van der Waals surface area (Å²) in [6, 6.07) is 10.1. The van der Waals surface area contributed by atoms with Gasteiger partial charge in [0.2, 0.25) is 11.8 Å². The van der Waals surface area contributed by atoms with E-state index in [0.29, 0.717) is 12.5 Å². The predicted octanol–water partition coefficient (Wildman–Crippen LogP) is 0.602. The Morgan fingerprint density at radius 3 is 2.71 bits per heavy atom. The topological polar surface area (TPSA) is 70.2 Å². The molecule has 1 saturated heterocycles. The highest BCUT2D eigenvalue weighted by atomic mass is 16.2. The molecular formula is C16H23N3O2. The zero-order valence-electron chi connectivity index (χ0n) is 12.4. The van der Waals surface area contributed by atoms with E-state index in [2.05, 4.69) is 22.9 Å². The smallest absolute Gasteiger partial charge is 0.239 e. The standard InChI is InChI=1S/C16H23N3O2/c1-12-9-14(7-8-17-12)19-16(21)11-18-15(20)10-13-5-3-2-4-6-13/h2-6,12,14,17H,7-11H2,1H3,(H,18,20)(H,19,21). The number of hydrogen-bond donors (Lipinski definition) is 3. The van der Waals surface area contributed by atoms with Crippen LogP contribution >= 0.6 is 0 Å². The average molecular weight is 289 g/mol. The van der Waals surface area contributed by atoms with Crippen molar-refractivity contribution in [3.63, 3.8) is 0 Å². The van der Waals surface area contributed by atoms with Crippen molar-refractivity contribution in [1.29, 1.82) is 0 Å². The zero-order chi connectivity index (χ0) is 15.1. The minimum absolute atomic E-state index is 0.0456. The van der Waals surface area contributed by atoms with Crippen molar-refractivity contribution in [2.75, 3.05) is 13.1 Å². The number of rotatable bonds is 5. The van der Waals surface area contributed by atoms with Crippen LogP contribution in [0.25, 0.3) is 0 Å². The Morgan fingerprint density at radius 1 is 1.24 bits per heavy atom. The van der Waals surface area contributed by atoms with Gasteiger partial charge in [-0.2, -0.15) is 0 Å². The highest BCUT2D eigenvalue weighted by Gasteiger charge is 2.19. The number of carbonyl (C=O) groups excluding carboxylic acids is 2. The van der Waals surface area contributed by atoms with Crippen LogP contribution in [-0.4, -0.2) is 37.0 Å². The van der Waals surface area contributed by atoms with Gasteiger partial charge in [-0.15, -0.1) is 0 Å². The van der Waals surface area contributed by atoms with Crippen LogP contribution in [0.1, 0.15) is 25.3 Å². The van der Waals surface area contributed by atoms with Crippen LogP contribution in [0.3, 0.4) is 0 Å². The molecular weight excluding hydrogens is 266 g/mol. The lowest BCUT2D eigenvalue weighted by Crippen LogP contribution is -2.49.